The van der Waals surface area contributed by atoms with Crippen molar-refractivity contribution in [1.29, 1.82) is 0 Å². The van der Waals surface area contributed by atoms with E-state index in [2.05, 4.69) is 5.32 Å². The molecule has 1 amide bonds. The van der Waals surface area contributed by atoms with Crippen molar-refractivity contribution in [3.63, 3.8) is 0 Å². The maximum Gasteiger partial charge on any atom is 0.254 e. The Labute approximate surface area is 116 Å². The molecule has 0 aliphatic heterocycles. The summed E-state index contributed by atoms with van der Waals surface area (Å²) in [4.78, 5) is 12.3. The van der Waals surface area contributed by atoms with E-state index in [1.165, 1.54) is 6.07 Å². The number of hydrogen-bond acceptors (Lipinski definition) is 2. The van der Waals surface area contributed by atoms with E-state index >= 15 is 0 Å². The zero-order valence-electron chi connectivity index (χ0n) is 10.9. The van der Waals surface area contributed by atoms with Crippen LogP contribution in [0.25, 0.3) is 0 Å². The zero-order valence-corrected chi connectivity index (χ0v) is 10.9. The molecule has 3 nitrogen and oxygen atoms in total. The number of benzene rings is 2. The van der Waals surface area contributed by atoms with Crippen LogP contribution in [0, 0.1) is 5.82 Å². The number of nitrogen functional groups attached to an aromatic ring is 1. The quantitative estimate of drug-likeness (QED) is 0.843. The fourth-order valence-corrected chi connectivity index (χ4v) is 2.42. The van der Waals surface area contributed by atoms with E-state index < -0.39 is 5.54 Å². The summed E-state index contributed by atoms with van der Waals surface area (Å²) >= 11 is 0. The number of anilines is 1. The summed E-state index contributed by atoms with van der Waals surface area (Å²) in [5.74, 6) is -0.546. The molecule has 0 saturated heterocycles. The SMILES string of the molecule is Nc1ccccc1C(=O)NC1(c2ccccc2F)CC1. The van der Waals surface area contributed by atoms with Crippen LogP contribution in [-0.4, -0.2) is 5.91 Å². The van der Waals surface area contributed by atoms with Gasteiger partial charge < -0.3 is 11.1 Å². The fourth-order valence-electron chi connectivity index (χ4n) is 2.42. The highest BCUT2D eigenvalue weighted by atomic mass is 19.1. The molecule has 2 aromatic carbocycles. The summed E-state index contributed by atoms with van der Waals surface area (Å²) in [6, 6.07) is 13.4. The van der Waals surface area contributed by atoms with E-state index in [0.717, 1.165) is 12.8 Å². The predicted octanol–water partition coefficient (Wildman–Crippen LogP) is 2.83. The highest BCUT2D eigenvalue weighted by molar-refractivity contribution is 5.99. The van der Waals surface area contributed by atoms with Gasteiger partial charge >= 0.3 is 0 Å². The maximum atomic E-state index is 13.9. The minimum absolute atomic E-state index is 0.260. The monoisotopic (exact) mass is 270 g/mol. The number of nitrogens with two attached hydrogens (primary N) is 1. The van der Waals surface area contributed by atoms with Crippen molar-refractivity contribution in [2.75, 3.05) is 5.73 Å². The van der Waals surface area contributed by atoms with Gasteiger partial charge in [0.2, 0.25) is 0 Å². The van der Waals surface area contributed by atoms with Crippen LogP contribution in [-0.2, 0) is 5.54 Å². The summed E-state index contributed by atoms with van der Waals surface area (Å²) in [5, 5.41) is 2.92. The van der Waals surface area contributed by atoms with Gasteiger partial charge in [-0.2, -0.15) is 0 Å². The average molecular weight is 270 g/mol. The van der Waals surface area contributed by atoms with E-state index in [1.54, 1.807) is 42.5 Å². The Hall–Kier alpha value is -2.36. The normalized spacial score (nSPS) is 15.7. The topological polar surface area (TPSA) is 55.1 Å². The zero-order chi connectivity index (χ0) is 14.2. The predicted molar refractivity (Wildman–Crippen MR) is 75.6 cm³/mol. The largest absolute Gasteiger partial charge is 0.398 e. The third-order valence-corrected chi connectivity index (χ3v) is 3.70. The number of nitrogens with one attached hydrogen (secondary N) is 1. The van der Waals surface area contributed by atoms with Crippen molar-refractivity contribution >= 4 is 11.6 Å². The Bertz CT molecular complexity index is 665. The number of para-hydroxylation sites is 1. The highest BCUT2D eigenvalue weighted by Gasteiger charge is 2.47. The van der Waals surface area contributed by atoms with Crippen LogP contribution in [0.1, 0.15) is 28.8 Å². The van der Waals surface area contributed by atoms with Gasteiger partial charge in [-0.25, -0.2) is 4.39 Å². The van der Waals surface area contributed by atoms with Crippen molar-refractivity contribution in [3.8, 4) is 0 Å². The molecule has 1 saturated carbocycles. The Kier molecular flexibility index (Phi) is 2.93. The van der Waals surface area contributed by atoms with Crippen LogP contribution in [0.5, 0.6) is 0 Å². The van der Waals surface area contributed by atoms with Crippen LogP contribution in [0.3, 0.4) is 0 Å². The second-order valence-corrected chi connectivity index (χ2v) is 5.10. The number of hydrogen-bond donors (Lipinski definition) is 2. The number of carbonyl (C=O) groups excluding carboxylic acids is 1. The summed E-state index contributed by atoms with van der Waals surface area (Å²) < 4.78 is 13.9. The van der Waals surface area contributed by atoms with Gasteiger partial charge in [-0.05, 0) is 31.0 Å². The lowest BCUT2D eigenvalue weighted by Gasteiger charge is -2.19. The molecular formula is C16H15FN2O. The molecule has 0 bridgehead atoms. The van der Waals surface area contributed by atoms with Gasteiger partial charge in [0.1, 0.15) is 5.82 Å². The molecule has 0 aromatic heterocycles. The molecule has 20 heavy (non-hydrogen) atoms. The van der Waals surface area contributed by atoms with Gasteiger partial charge in [-0.1, -0.05) is 30.3 Å². The van der Waals surface area contributed by atoms with Crippen LogP contribution in [0.2, 0.25) is 0 Å². The van der Waals surface area contributed by atoms with E-state index in [9.17, 15) is 9.18 Å². The number of amides is 1. The maximum absolute atomic E-state index is 13.9. The Morgan fingerprint density at radius 1 is 1.10 bits per heavy atom. The Balaban J connectivity index is 1.87. The molecule has 0 radical (unpaired) electrons. The Morgan fingerprint density at radius 3 is 2.40 bits per heavy atom. The first-order valence-corrected chi connectivity index (χ1v) is 6.54. The minimum Gasteiger partial charge on any atom is -0.398 e. The lowest BCUT2D eigenvalue weighted by molar-refractivity contribution is 0.0931. The van der Waals surface area contributed by atoms with Gasteiger partial charge in [0.25, 0.3) is 5.91 Å². The molecule has 2 aromatic rings. The standard InChI is InChI=1S/C16H15FN2O/c17-13-7-3-2-6-12(13)16(9-10-16)19-15(20)11-5-1-4-8-14(11)18/h1-8H,9-10,18H2,(H,19,20). The summed E-state index contributed by atoms with van der Waals surface area (Å²) in [5.41, 5.74) is 6.61. The third-order valence-electron chi connectivity index (χ3n) is 3.70. The molecular weight excluding hydrogens is 255 g/mol. The van der Waals surface area contributed by atoms with E-state index in [1.807, 2.05) is 0 Å². The van der Waals surface area contributed by atoms with Crippen molar-refractivity contribution in [3.05, 3.63) is 65.5 Å². The van der Waals surface area contributed by atoms with E-state index in [-0.39, 0.29) is 11.7 Å². The molecule has 4 heteroatoms. The third kappa shape index (κ3) is 2.13. The molecule has 102 valence electrons. The lowest BCUT2D eigenvalue weighted by atomic mass is 10.0. The molecule has 0 heterocycles. The molecule has 0 atom stereocenters. The smallest absolute Gasteiger partial charge is 0.254 e. The van der Waals surface area contributed by atoms with Gasteiger partial charge in [0.15, 0.2) is 0 Å². The minimum atomic E-state index is -0.579. The van der Waals surface area contributed by atoms with E-state index in [4.69, 9.17) is 5.73 Å². The van der Waals surface area contributed by atoms with Crippen molar-refractivity contribution in [2.45, 2.75) is 18.4 Å². The number of carbonyl (C=O) groups is 1. The summed E-state index contributed by atoms with van der Waals surface area (Å²) in [6.45, 7) is 0. The Morgan fingerprint density at radius 2 is 1.75 bits per heavy atom. The second-order valence-electron chi connectivity index (χ2n) is 5.10. The molecule has 3 N–H and O–H groups in total. The van der Waals surface area contributed by atoms with Gasteiger partial charge in [-0.15, -0.1) is 0 Å². The van der Waals surface area contributed by atoms with Crippen molar-refractivity contribution in [2.24, 2.45) is 0 Å². The molecule has 1 aliphatic rings. The second kappa shape index (κ2) is 4.63. The molecule has 0 spiro atoms. The first-order chi connectivity index (χ1) is 9.62. The number of rotatable bonds is 3. The first-order valence-electron chi connectivity index (χ1n) is 6.54. The lowest BCUT2D eigenvalue weighted by Crippen LogP contribution is -2.35. The van der Waals surface area contributed by atoms with Crippen LogP contribution < -0.4 is 11.1 Å². The molecule has 3 rings (SSSR count). The average Bonchev–Trinajstić information content (AvgIpc) is 3.20. The van der Waals surface area contributed by atoms with Gasteiger partial charge in [0.05, 0.1) is 11.1 Å². The first kappa shape index (κ1) is 12.7. The number of halogens is 1. The van der Waals surface area contributed by atoms with Crippen LogP contribution in [0.15, 0.2) is 48.5 Å². The molecule has 1 fully saturated rings. The van der Waals surface area contributed by atoms with Gasteiger partial charge in [0, 0.05) is 11.3 Å². The van der Waals surface area contributed by atoms with Crippen molar-refractivity contribution in [1.82, 2.24) is 5.32 Å². The van der Waals surface area contributed by atoms with Gasteiger partial charge in [-0.3, -0.25) is 4.79 Å². The fraction of sp³-hybridized carbons (Fsp3) is 0.188. The van der Waals surface area contributed by atoms with Crippen LogP contribution in [0.4, 0.5) is 10.1 Å². The van der Waals surface area contributed by atoms with Crippen LogP contribution >= 0.6 is 0 Å². The summed E-state index contributed by atoms with van der Waals surface area (Å²) in [6.07, 6.45) is 1.48. The molecule has 1 aliphatic carbocycles. The highest BCUT2D eigenvalue weighted by Crippen LogP contribution is 2.46. The van der Waals surface area contributed by atoms with Crippen molar-refractivity contribution < 1.29 is 9.18 Å². The van der Waals surface area contributed by atoms with E-state index in [0.29, 0.717) is 16.8 Å². The summed E-state index contributed by atoms with van der Waals surface area (Å²) in [7, 11) is 0. The molecule has 0 unspecified atom stereocenters.